The van der Waals surface area contributed by atoms with E-state index in [0.717, 1.165) is 83.1 Å². The fourth-order valence-corrected chi connectivity index (χ4v) is 10.7. The van der Waals surface area contributed by atoms with Crippen LogP contribution in [0.4, 0.5) is 0 Å². The summed E-state index contributed by atoms with van der Waals surface area (Å²) in [7, 11) is -1.40. The zero-order valence-electron chi connectivity index (χ0n) is 43.9. The van der Waals surface area contributed by atoms with Gasteiger partial charge in [0, 0.05) is 52.3 Å². The fourth-order valence-electron chi connectivity index (χ4n) is 9.65. The van der Waals surface area contributed by atoms with Gasteiger partial charge >= 0.3 is 0 Å². The minimum Gasteiger partial charge on any atom is -0.501 e. The van der Waals surface area contributed by atoms with Crippen LogP contribution in [0.3, 0.4) is 0 Å². The summed E-state index contributed by atoms with van der Waals surface area (Å²) in [4.78, 5) is 9.91. The van der Waals surface area contributed by atoms with Crippen LogP contribution in [0, 0.1) is 19.0 Å². The normalized spacial score (nSPS) is 12.6. The third-order valence-electron chi connectivity index (χ3n) is 13.4. The molecule has 0 aliphatic rings. The molecule has 353 valence electrons. The summed E-state index contributed by atoms with van der Waals surface area (Å²) in [5.41, 5.74) is 15.9. The smallest absolute Gasteiger partial charge is 0.136 e. The van der Waals surface area contributed by atoms with Crippen molar-refractivity contribution in [1.82, 2.24) is 14.5 Å². The summed E-state index contributed by atoms with van der Waals surface area (Å²) in [6.07, 6.45) is 1.94. The van der Waals surface area contributed by atoms with Gasteiger partial charge in [-0.25, -0.2) is 0 Å². The van der Waals surface area contributed by atoms with Gasteiger partial charge in [-0.2, -0.15) is 0 Å². The van der Waals surface area contributed by atoms with Gasteiger partial charge in [0.25, 0.3) is 0 Å². The van der Waals surface area contributed by atoms with Gasteiger partial charge < -0.3 is 18.4 Å². The molecule has 0 unspecified atom stereocenters. The van der Waals surface area contributed by atoms with Gasteiger partial charge in [-0.3, -0.25) is 4.98 Å². The molecule has 4 heterocycles. The molecule has 7 heteroatoms. The van der Waals surface area contributed by atoms with Crippen molar-refractivity contribution < 1.29 is 33.1 Å². The van der Waals surface area contributed by atoms with E-state index in [4.69, 9.17) is 17.9 Å². The summed E-state index contributed by atoms with van der Waals surface area (Å²) in [5.74, 6) is 1.37. The Morgan fingerprint density at radius 3 is 1.93 bits per heavy atom. The van der Waals surface area contributed by atoms with Gasteiger partial charge in [-0.1, -0.05) is 174 Å². The number of furan rings is 2. The molecule has 4 aromatic heterocycles. The Morgan fingerprint density at radius 2 is 1.25 bits per heavy atom. The number of aromatic nitrogens is 3. The first-order valence-electron chi connectivity index (χ1n) is 25.6. The van der Waals surface area contributed by atoms with Crippen molar-refractivity contribution >= 4 is 68.2 Å². The number of pyridine rings is 1. The van der Waals surface area contributed by atoms with E-state index in [0.29, 0.717) is 11.1 Å². The zero-order chi connectivity index (χ0) is 50.8. The number of benzene rings is 8. The molecule has 0 atom stereocenters. The molecule has 0 fully saturated rings. The van der Waals surface area contributed by atoms with E-state index in [1.165, 1.54) is 33.1 Å². The predicted molar refractivity (Wildman–Crippen MR) is 295 cm³/mol. The molecule has 0 amide bonds. The SMILES string of the molecule is CC(C)c1cc(-c2ccccc2)cc(C(C)C)c1-n1c(-c2[c-]ccc3c2oc2cc4c(cc23)oc2ccccc24)nc2ccccc21.[2H]C([2H])([2H])c1c[c-]c(-c2ccc([Si](C)(C)C)cn2)cc1-c1ccccc1.[Ir]. The minimum atomic E-state index is -2.19. The molecule has 0 aliphatic heterocycles. The fraction of sp³-hybridized carbons (Fsp3) is 0.156. The molecule has 0 aliphatic carbocycles. The summed E-state index contributed by atoms with van der Waals surface area (Å²) in [6.45, 7) is 13.8. The number of hydrogen-bond donors (Lipinski definition) is 0. The minimum absolute atomic E-state index is 0. The number of nitrogens with zero attached hydrogens (tertiary/aromatic N) is 3. The Balaban J connectivity index is 0.000000198. The van der Waals surface area contributed by atoms with E-state index in [1.54, 1.807) is 6.07 Å². The van der Waals surface area contributed by atoms with Crippen LogP contribution in [-0.4, -0.2) is 22.6 Å². The maximum atomic E-state index is 7.84. The van der Waals surface area contributed by atoms with E-state index in [2.05, 4.69) is 166 Å². The van der Waals surface area contributed by atoms with Crippen LogP contribution >= 0.6 is 0 Å². The zero-order valence-corrected chi connectivity index (χ0v) is 44.3. The Kier molecular flexibility index (Phi) is 11.9. The average molecular weight is 1120 g/mol. The molecule has 0 bridgehead atoms. The molecule has 0 saturated carbocycles. The van der Waals surface area contributed by atoms with Crippen molar-refractivity contribution in [2.75, 3.05) is 0 Å². The third kappa shape index (κ3) is 8.88. The van der Waals surface area contributed by atoms with E-state index >= 15 is 0 Å². The number of hydrogen-bond acceptors (Lipinski definition) is 4. The van der Waals surface area contributed by atoms with Crippen LogP contribution in [0.5, 0.6) is 0 Å². The molecule has 5 nitrogen and oxygen atoms in total. The molecule has 0 saturated heterocycles. The number of imidazole rings is 1. The predicted octanol–water partition coefficient (Wildman–Crippen LogP) is 17.3. The van der Waals surface area contributed by atoms with E-state index in [-0.39, 0.29) is 31.9 Å². The Bertz CT molecular complexity index is 3970. The van der Waals surface area contributed by atoms with Crippen LogP contribution in [0.15, 0.2) is 185 Å². The van der Waals surface area contributed by atoms with E-state index in [1.807, 2.05) is 72.9 Å². The van der Waals surface area contributed by atoms with Crippen molar-refractivity contribution in [3.05, 3.63) is 205 Å². The van der Waals surface area contributed by atoms with Crippen molar-refractivity contribution in [1.29, 1.82) is 0 Å². The standard InChI is InChI=1S/C43H33N2O2.C21H22NSi.Ir/c1-25(2)32-21-28(27-13-6-5-7-14-27)22-33(26(3)4)41(32)45-37-19-10-9-18-36(37)44-43(45)31-17-12-16-30-35-24-39-34(23-40(35)47-42(30)31)29-15-8-11-20-38(29)46-39;1-16-10-11-18(14-20(16)17-8-6-5-7-9-17)21-13-12-19(15-22-21)23(2,3)4;/h5-16,18-26H,1-4H3;5-10,12-15H,1-4H3;/q2*-1;/i;1D3;. The molecule has 12 rings (SSSR count). The second-order valence-electron chi connectivity index (χ2n) is 19.8. The van der Waals surface area contributed by atoms with Crippen LogP contribution in [0.1, 0.15) is 60.3 Å². The third-order valence-corrected chi connectivity index (χ3v) is 15.4. The largest absolute Gasteiger partial charge is 0.501 e. The van der Waals surface area contributed by atoms with Crippen LogP contribution in [0.25, 0.3) is 105 Å². The maximum Gasteiger partial charge on any atom is 0.136 e. The molecule has 12 aromatic rings. The molecular weight excluding hydrogens is 1060 g/mol. The molecule has 71 heavy (non-hydrogen) atoms. The molecule has 8 aromatic carbocycles. The van der Waals surface area contributed by atoms with Crippen LogP contribution in [0.2, 0.25) is 19.6 Å². The second-order valence-corrected chi connectivity index (χ2v) is 24.9. The van der Waals surface area contributed by atoms with Crippen molar-refractivity contribution in [3.63, 3.8) is 0 Å². The van der Waals surface area contributed by atoms with Crippen LogP contribution in [-0.2, 0) is 20.1 Å². The summed E-state index contributed by atoms with van der Waals surface area (Å²) >= 11 is 0. The summed E-state index contributed by atoms with van der Waals surface area (Å²) < 4.78 is 38.9. The van der Waals surface area contributed by atoms with Gasteiger partial charge in [0.2, 0.25) is 0 Å². The number of rotatable bonds is 8. The monoisotopic (exact) mass is 1120 g/mol. The van der Waals surface area contributed by atoms with Crippen molar-refractivity contribution in [3.8, 4) is 50.6 Å². The first-order chi connectivity index (χ1) is 35.1. The summed E-state index contributed by atoms with van der Waals surface area (Å²) in [6, 6.07) is 64.1. The second kappa shape index (κ2) is 19.2. The first kappa shape index (κ1) is 43.8. The maximum absolute atomic E-state index is 7.84. The van der Waals surface area contributed by atoms with Crippen molar-refractivity contribution in [2.45, 2.75) is 66.0 Å². The quantitative estimate of drug-likeness (QED) is 0.112. The van der Waals surface area contributed by atoms with Gasteiger partial charge in [-0.05, 0) is 93.0 Å². The van der Waals surface area contributed by atoms with E-state index in [9.17, 15) is 0 Å². The Hall–Kier alpha value is -7.15. The van der Waals surface area contributed by atoms with Crippen LogP contribution < -0.4 is 5.19 Å². The van der Waals surface area contributed by atoms with E-state index < -0.39 is 14.9 Å². The number of aryl methyl sites for hydroxylation is 1. The van der Waals surface area contributed by atoms with Gasteiger partial charge in [0.1, 0.15) is 16.7 Å². The molecule has 0 N–H and O–H groups in total. The summed E-state index contributed by atoms with van der Waals surface area (Å²) in [5, 5.41) is 5.46. The Labute approximate surface area is 434 Å². The van der Waals surface area contributed by atoms with Gasteiger partial charge in [0.15, 0.2) is 0 Å². The van der Waals surface area contributed by atoms with Gasteiger partial charge in [-0.15, -0.1) is 47.5 Å². The Morgan fingerprint density at radius 1 is 0.606 bits per heavy atom. The molecule has 1 radical (unpaired) electrons. The number of para-hydroxylation sites is 3. The average Bonchev–Trinajstić information content (AvgIpc) is 4.09. The number of fused-ring (bicyclic) bond motifs is 7. The van der Waals surface area contributed by atoms with Gasteiger partial charge in [0.05, 0.1) is 30.5 Å². The van der Waals surface area contributed by atoms with Crippen molar-refractivity contribution in [2.24, 2.45) is 0 Å². The molecular formula is C64H55IrN3O2Si-2. The first-order valence-corrected chi connectivity index (χ1v) is 27.6. The topological polar surface area (TPSA) is 57.0 Å². The molecule has 0 spiro atoms.